The maximum atomic E-state index is 12.3. The average Bonchev–Trinajstić information content (AvgIpc) is 3.10. The number of nitrogens with one attached hydrogen (secondary N) is 1. The smallest absolute Gasteiger partial charge is 0.352 e. The van der Waals surface area contributed by atoms with Gasteiger partial charge in [-0.3, -0.25) is 4.79 Å². The molecule has 1 heterocycles. The van der Waals surface area contributed by atoms with Crippen molar-refractivity contribution >= 4 is 33.9 Å². The van der Waals surface area contributed by atoms with Gasteiger partial charge in [-0.15, -0.1) is 0 Å². The van der Waals surface area contributed by atoms with Crippen molar-refractivity contribution in [3.05, 3.63) is 88.2 Å². The third-order valence-corrected chi connectivity index (χ3v) is 4.03. The highest BCUT2D eigenvalue weighted by Crippen LogP contribution is 2.23. The molecule has 0 fully saturated rings. The minimum absolute atomic E-state index is 0.274. The largest absolute Gasteiger partial charge is 0.477 e. The van der Waals surface area contributed by atoms with Crippen LogP contribution >= 0.6 is 15.9 Å². The molecule has 130 valence electrons. The van der Waals surface area contributed by atoms with Crippen molar-refractivity contribution in [1.29, 1.82) is 0 Å². The first kappa shape index (κ1) is 17.7. The zero-order valence-electron chi connectivity index (χ0n) is 13.5. The number of carboxylic acid groups (broad SMARTS) is 1. The normalized spacial score (nSPS) is 11.2. The molecule has 0 spiro atoms. The summed E-state index contributed by atoms with van der Waals surface area (Å²) in [6, 6.07) is 19.5. The molecule has 26 heavy (non-hydrogen) atoms. The van der Waals surface area contributed by atoms with Crippen LogP contribution in [0.2, 0.25) is 0 Å². The van der Waals surface area contributed by atoms with Crippen LogP contribution in [0, 0.1) is 0 Å². The van der Waals surface area contributed by atoms with Crippen LogP contribution in [-0.2, 0) is 4.79 Å². The summed E-state index contributed by atoms with van der Waals surface area (Å²) < 4.78 is 6.38. The number of amides is 1. The Kier molecular flexibility index (Phi) is 5.34. The SMILES string of the molecule is O=C(O)/C(=C\c1ccc(-c2ccccc2)o1)NC(=O)c1cccc(Br)c1. The number of carbonyl (C=O) groups excluding carboxylic acids is 1. The molecule has 2 N–H and O–H groups in total. The van der Waals surface area contributed by atoms with Gasteiger partial charge in [0.15, 0.2) is 0 Å². The first-order chi connectivity index (χ1) is 12.5. The summed E-state index contributed by atoms with van der Waals surface area (Å²) in [4.78, 5) is 23.7. The number of furan rings is 1. The summed E-state index contributed by atoms with van der Waals surface area (Å²) in [6.45, 7) is 0. The fourth-order valence-electron chi connectivity index (χ4n) is 2.31. The highest BCUT2D eigenvalue weighted by Gasteiger charge is 2.15. The molecule has 3 rings (SSSR count). The number of carbonyl (C=O) groups is 2. The van der Waals surface area contributed by atoms with E-state index in [1.54, 1.807) is 36.4 Å². The Labute approximate surface area is 158 Å². The van der Waals surface area contributed by atoms with Crippen molar-refractivity contribution < 1.29 is 19.1 Å². The number of halogens is 1. The van der Waals surface area contributed by atoms with E-state index in [0.29, 0.717) is 17.1 Å². The monoisotopic (exact) mass is 411 g/mol. The molecule has 0 aliphatic carbocycles. The number of hydrogen-bond acceptors (Lipinski definition) is 3. The van der Waals surface area contributed by atoms with Crippen molar-refractivity contribution in [3.8, 4) is 11.3 Å². The minimum atomic E-state index is -1.26. The predicted octanol–water partition coefficient (Wildman–Crippen LogP) is 4.56. The van der Waals surface area contributed by atoms with Crippen molar-refractivity contribution in [2.45, 2.75) is 0 Å². The van der Waals surface area contributed by atoms with Gasteiger partial charge in [-0.1, -0.05) is 52.3 Å². The topological polar surface area (TPSA) is 79.5 Å². The van der Waals surface area contributed by atoms with Gasteiger partial charge in [-0.05, 0) is 30.3 Å². The number of carboxylic acids is 1. The Balaban J connectivity index is 1.83. The van der Waals surface area contributed by atoms with Crippen molar-refractivity contribution in [2.24, 2.45) is 0 Å². The predicted molar refractivity (Wildman–Crippen MR) is 101 cm³/mol. The van der Waals surface area contributed by atoms with Gasteiger partial charge in [0.1, 0.15) is 17.2 Å². The first-order valence-electron chi connectivity index (χ1n) is 7.70. The Morgan fingerprint density at radius 2 is 1.77 bits per heavy atom. The lowest BCUT2D eigenvalue weighted by Crippen LogP contribution is -2.27. The number of hydrogen-bond donors (Lipinski definition) is 2. The molecule has 0 aliphatic rings. The summed E-state index contributed by atoms with van der Waals surface area (Å²) in [5.41, 5.74) is 0.946. The Bertz CT molecular complexity index is 976. The van der Waals surface area contributed by atoms with Crippen LogP contribution < -0.4 is 5.32 Å². The third kappa shape index (κ3) is 4.29. The summed E-state index contributed by atoms with van der Waals surface area (Å²) >= 11 is 3.28. The van der Waals surface area contributed by atoms with Crippen LogP contribution in [0.15, 0.2) is 81.3 Å². The van der Waals surface area contributed by atoms with Crippen molar-refractivity contribution in [1.82, 2.24) is 5.32 Å². The molecule has 6 heteroatoms. The molecular formula is C20H14BrNO4. The molecule has 3 aromatic rings. The standard InChI is InChI=1S/C20H14BrNO4/c21-15-8-4-7-14(11-15)19(23)22-17(20(24)25)12-16-9-10-18(26-16)13-5-2-1-3-6-13/h1-12H,(H,22,23)(H,24,25)/b17-12+. The zero-order chi connectivity index (χ0) is 18.5. The lowest BCUT2D eigenvalue weighted by molar-refractivity contribution is -0.132. The van der Waals surface area contributed by atoms with E-state index in [4.69, 9.17) is 4.42 Å². The molecule has 0 saturated heterocycles. The maximum absolute atomic E-state index is 12.3. The van der Waals surface area contributed by atoms with Crippen LogP contribution in [-0.4, -0.2) is 17.0 Å². The molecule has 2 aromatic carbocycles. The molecular weight excluding hydrogens is 398 g/mol. The number of rotatable bonds is 5. The second-order valence-electron chi connectivity index (χ2n) is 5.40. The van der Waals surface area contributed by atoms with Gasteiger partial charge >= 0.3 is 5.97 Å². The Hall–Kier alpha value is -3.12. The molecule has 1 amide bonds. The summed E-state index contributed by atoms with van der Waals surface area (Å²) in [6.07, 6.45) is 1.28. The van der Waals surface area contributed by atoms with Crippen molar-refractivity contribution in [2.75, 3.05) is 0 Å². The van der Waals surface area contributed by atoms with Gasteiger partial charge in [0.05, 0.1) is 0 Å². The highest BCUT2D eigenvalue weighted by atomic mass is 79.9. The van der Waals surface area contributed by atoms with Gasteiger partial charge in [0.2, 0.25) is 0 Å². The molecule has 1 aromatic heterocycles. The van der Waals surface area contributed by atoms with E-state index < -0.39 is 11.9 Å². The number of benzene rings is 2. The molecule has 0 aliphatic heterocycles. The molecule has 5 nitrogen and oxygen atoms in total. The average molecular weight is 412 g/mol. The molecule has 0 atom stereocenters. The maximum Gasteiger partial charge on any atom is 0.352 e. The summed E-state index contributed by atoms with van der Waals surface area (Å²) in [5.74, 6) is -0.837. The zero-order valence-corrected chi connectivity index (χ0v) is 15.1. The molecule has 0 saturated carbocycles. The van der Waals surface area contributed by atoms with E-state index in [0.717, 1.165) is 10.0 Å². The molecule has 0 bridgehead atoms. The molecule has 0 unspecified atom stereocenters. The summed E-state index contributed by atoms with van der Waals surface area (Å²) in [5, 5.41) is 11.8. The van der Waals surface area contributed by atoms with Crippen LogP contribution in [0.3, 0.4) is 0 Å². The van der Waals surface area contributed by atoms with Gasteiger partial charge < -0.3 is 14.8 Å². The van der Waals surface area contributed by atoms with Gasteiger partial charge in [-0.25, -0.2) is 4.79 Å². The van der Waals surface area contributed by atoms with E-state index in [1.165, 1.54) is 6.08 Å². The Morgan fingerprint density at radius 1 is 1.00 bits per heavy atom. The van der Waals surface area contributed by atoms with Crippen molar-refractivity contribution in [3.63, 3.8) is 0 Å². The van der Waals surface area contributed by atoms with Gasteiger partial charge in [-0.2, -0.15) is 0 Å². The highest BCUT2D eigenvalue weighted by molar-refractivity contribution is 9.10. The lowest BCUT2D eigenvalue weighted by Gasteiger charge is -2.06. The van der Waals surface area contributed by atoms with Crippen LogP contribution in [0.25, 0.3) is 17.4 Å². The molecule has 0 radical (unpaired) electrons. The second kappa shape index (κ2) is 7.84. The third-order valence-electron chi connectivity index (χ3n) is 3.54. The fraction of sp³-hybridized carbons (Fsp3) is 0. The van der Waals surface area contributed by atoms with Gasteiger partial charge in [0, 0.05) is 21.7 Å². The second-order valence-corrected chi connectivity index (χ2v) is 6.31. The quantitative estimate of drug-likeness (QED) is 0.602. The fourth-order valence-corrected chi connectivity index (χ4v) is 2.70. The van der Waals surface area contributed by atoms with Crippen LogP contribution in [0.4, 0.5) is 0 Å². The van der Waals surface area contributed by atoms with Gasteiger partial charge in [0.25, 0.3) is 5.91 Å². The van der Waals surface area contributed by atoms with Crippen LogP contribution in [0.5, 0.6) is 0 Å². The lowest BCUT2D eigenvalue weighted by atomic mass is 10.2. The van der Waals surface area contributed by atoms with Crippen LogP contribution in [0.1, 0.15) is 16.1 Å². The van der Waals surface area contributed by atoms with E-state index >= 15 is 0 Å². The van der Waals surface area contributed by atoms with E-state index in [-0.39, 0.29) is 5.70 Å². The minimum Gasteiger partial charge on any atom is -0.477 e. The summed E-state index contributed by atoms with van der Waals surface area (Å²) in [7, 11) is 0. The van der Waals surface area contributed by atoms with E-state index in [1.807, 2.05) is 30.3 Å². The van der Waals surface area contributed by atoms with E-state index in [9.17, 15) is 14.7 Å². The van der Waals surface area contributed by atoms with E-state index in [2.05, 4.69) is 21.2 Å². The number of aliphatic carboxylic acids is 1. The first-order valence-corrected chi connectivity index (χ1v) is 8.49. The Morgan fingerprint density at radius 3 is 2.46 bits per heavy atom.